The van der Waals surface area contributed by atoms with Crippen LogP contribution in [0.4, 0.5) is 4.39 Å². The highest BCUT2D eigenvalue weighted by Gasteiger charge is 2.29. The predicted molar refractivity (Wildman–Crippen MR) is 89.3 cm³/mol. The van der Waals surface area contributed by atoms with E-state index in [2.05, 4.69) is 22.5 Å². The van der Waals surface area contributed by atoms with Gasteiger partial charge in [-0.1, -0.05) is 18.2 Å². The largest absolute Gasteiger partial charge is 0.357 e. The summed E-state index contributed by atoms with van der Waals surface area (Å²) >= 11 is 2.02. The second kappa shape index (κ2) is 7.69. The molecule has 0 spiro atoms. The highest BCUT2D eigenvalue weighted by molar-refractivity contribution is 8.00. The lowest BCUT2D eigenvalue weighted by Gasteiger charge is -2.24. The minimum absolute atomic E-state index is 0.199. The molecule has 0 bridgehead atoms. The van der Waals surface area contributed by atoms with Crippen LogP contribution in [0, 0.1) is 5.82 Å². The molecular weight excluding hydrogens is 285 g/mol. The Morgan fingerprint density at radius 3 is 2.86 bits per heavy atom. The number of benzene rings is 1. The maximum Gasteiger partial charge on any atom is 0.191 e. The van der Waals surface area contributed by atoms with Crippen LogP contribution in [-0.2, 0) is 6.54 Å². The van der Waals surface area contributed by atoms with Crippen molar-refractivity contribution in [3.05, 3.63) is 35.6 Å². The molecule has 1 aromatic carbocycles. The molecule has 1 atom stereocenters. The Balaban J connectivity index is 1.94. The van der Waals surface area contributed by atoms with Gasteiger partial charge in [-0.2, -0.15) is 11.8 Å². The summed E-state index contributed by atoms with van der Waals surface area (Å²) in [5.74, 6) is 1.80. The summed E-state index contributed by atoms with van der Waals surface area (Å²) in [5.41, 5.74) is 0.621. The third kappa shape index (κ3) is 4.92. The first-order chi connectivity index (χ1) is 10.1. The van der Waals surface area contributed by atoms with Gasteiger partial charge in [0.25, 0.3) is 0 Å². The number of hydrogen-bond acceptors (Lipinski definition) is 2. The highest BCUT2D eigenvalue weighted by Crippen LogP contribution is 2.36. The zero-order valence-corrected chi connectivity index (χ0v) is 13.6. The van der Waals surface area contributed by atoms with E-state index in [1.54, 1.807) is 12.1 Å². The molecule has 0 radical (unpaired) electrons. The molecular formula is C16H24FN3S. The number of guanidine groups is 1. The molecule has 0 saturated carbocycles. The average Bonchev–Trinajstić information content (AvgIpc) is 2.91. The van der Waals surface area contributed by atoms with Crippen LogP contribution in [0.15, 0.2) is 29.3 Å². The molecule has 21 heavy (non-hydrogen) atoms. The zero-order valence-electron chi connectivity index (χ0n) is 12.8. The molecule has 1 aliphatic rings. The van der Waals surface area contributed by atoms with Gasteiger partial charge in [-0.15, -0.1) is 0 Å². The van der Waals surface area contributed by atoms with E-state index in [-0.39, 0.29) is 10.6 Å². The summed E-state index contributed by atoms with van der Waals surface area (Å²) in [6, 6.07) is 6.78. The number of nitrogens with one attached hydrogen (secondary N) is 2. The zero-order chi connectivity index (χ0) is 15.1. The topological polar surface area (TPSA) is 36.4 Å². The van der Waals surface area contributed by atoms with E-state index < -0.39 is 0 Å². The number of thioether (sulfide) groups is 1. The van der Waals surface area contributed by atoms with E-state index in [0.717, 1.165) is 19.0 Å². The highest BCUT2D eigenvalue weighted by atomic mass is 32.2. The standard InChI is InChI=1S/C16H24FN3S/c1-3-18-15(20-12-16(2)9-6-10-21-16)19-11-13-7-4-5-8-14(13)17/h4-5,7-8H,3,6,9-12H2,1-2H3,(H2,18,19,20). The fourth-order valence-electron chi connectivity index (χ4n) is 2.38. The Bertz CT molecular complexity index is 484. The summed E-state index contributed by atoms with van der Waals surface area (Å²) in [6.07, 6.45) is 2.52. The Morgan fingerprint density at radius 2 is 2.19 bits per heavy atom. The minimum atomic E-state index is -0.199. The summed E-state index contributed by atoms with van der Waals surface area (Å²) in [5, 5.41) is 6.61. The quantitative estimate of drug-likeness (QED) is 0.648. The van der Waals surface area contributed by atoms with Crippen LogP contribution in [0.3, 0.4) is 0 Å². The molecule has 1 fully saturated rings. The van der Waals surface area contributed by atoms with Crippen LogP contribution in [0.25, 0.3) is 0 Å². The molecule has 5 heteroatoms. The van der Waals surface area contributed by atoms with Gasteiger partial charge in [-0.05, 0) is 38.5 Å². The van der Waals surface area contributed by atoms with Crippen LogP contribution in [0.5, 0.6) is 0 Å². The van der Waals surface area contributed by atoms with Gasteiger partial charge >= 0.3 is 0 Å². The lowest BCUT2D eigenvalue weighted by atomic mass is 10.1. The molecule has 1 saturated heterocycles. The Morgan fingerprint density at radius 1 is 1.38 bits per heavy atom. The molecule has 1 aliphatic heterocycles. The smallest absolute Gasteiger partial charge is 0.191 e. The van der Waals surface area contributed by atoms with Gasteiger partial charge in [0, 0.05) is 23.4 Å². The number of hydrogen-bond donors (Lipinski definition) is 2. The Kier molecular flexibility index (Phi) is 5.91. The summed E-state index contributed by atoms with van der Waals surface area (Å²) in [4.78, 5) is 4.48. The van der Waals surface area contributed by atoms with Gasteiger partial charge in [-0.3, -0.25) is 0 Å². The van der Waals surface area contributed by atoms with Gasteiger partial charge in [0.2, 0.25) is 0 Å². The Hall–Kier alpha value is -1.23. The number of nitrogens with zero attached hydrogens (tertiary/aromatic N) is 1. The Labute approximate surface area is 130 Å². The van der Waals surface area contributed by atoms with Gasteiger partial charge in [0.15, 0.2) is 5.96 Å². The molecule has 1 aromatic rings. The summed E-state index contributed by atoms with van der Waals surface area (Å²) in [6.45, 7) is 6.37. The predicted octanol–water partition coefficient (Wildman–Crippen LogP) is 3.17. The molecule has 0 aliphatic carbocycles. The van der Waals surface area contributed by atoms with Crippen LogP contribution < -0.4 is 10.6 Å². The monoisotopic (exact) mass is 309 g/mol. The van der Waals surface area contributed by atoms with Crippen LogP contribution in [-0.4, -0.2) is 29.5 Å². The van der Waals surface area contributed by atoms with Gasteiger partial charge < -0.3 is 10.6 Å². The van der Waals surface area contributed by atoms with Crippen LogP contribution >= 0.6 is 11.8 Å². The van der Waals surface area contributed by atoms with Crippen LogP contribution in [0.1, 0.15) is 32.3 Å². The van der Waals surface area contributed by atoms with Crippen molar-refractivity contribution in [3.63, 3.8) is 0 Å². The second-order valence-electron chi connectivity index (χ2n) is 5.54. The molecule has 2 rings (SSSR count). The van der Waals surface area contributed by atoms with Gasteiger partial charge in [-0.25, -0.2) is 9.38 Å². The SMILES string of the molecule is CCNC(=NCc1ccccc1F)NCC1(C)CCCS1. The number of rotatable bonds is 5. The van der Waals surface area contributed by atoms with E-state index in [1.807, 2.05) is 24.8 Å². The van der Waals surface area contributed by atoms with E-state index in [9.17, 15) is 4.39 Å². The van der Waals surface area contributed by atoms with Crippen molar-refractivity contribution < 1.29 is 4.39 Å². The van der Waals surface area contributed by atoms with Crippen molar-refractivity contribution >= 4 is 17.7 Å². The molecule has 116 valence electrons. The van der Waals surface area contributed by atoms with Crippen molar-refractivity contribution in [1.82, 2.24) is 10.6 Å². The number of aliphatic imine (C=N–C) groups is 1. The molecule has 1 heterocycles. The van der Waals surface area contributed by atoms with Crippen LogP contribution in [0.2, 0.25) is 0 Å². The summed E-state index contributed by atoms with van der Waals surface area (Å²) in [7, 11) is 0. The lowest BCUT2D eigenvalue weighted by molar-refractivity contribution is 0.583. The lowest BCUT2D eigenvalue weighted by Crippen LogP contribution is -2.43. The van der Waals surface area contributed by atoms with Crippen molar-refractivity contribution in [2.75, 3.05) is 18.8 Å². The van der Waals surface area contributed by atoms with E-state index in [0.29, 0.717) is 12.1 Å². The van der Waals surface area contributed by atoms with E-state index in [4.69, 9.17) is 0 Å². The first-order valence-electron chi connectivity index (χ1n) is 7.52. The fraction of sp³-hybridized carbons (Fsp3) is 0.562. The average molecular weight is 309 g/mol. The maximum absolute atomic E-state index is 13.6. The molecule has 3 nitrogen and oxygen atoms in total. The van der Waals surface area contributed by atoms with E-state index >= 15 is 0 Å². The number of halogens is 1. The molecule has 0 aromatic heterocycles. The van der Waals surface area contributed by atoms with Crippen molar-refractivity contribution in [3.8, 4) is 0 Å². The fourth-order valence-corrected chi connectivity index (χ4v) is 3.62. The first-order valence-corrected chi connectivity index (χ1v) is 8.51. The third-order valence-corrected chi connectivity index (χ3v) is 5.18. The van der Waals surface area contributed by atoms with Crippen molar-refractivity contribution in [2.24, 2.45) is 4.99 Å². The van der Waals surface area contributed by atoms with Gasteiger partial charge in [0.1, 0.15) is 5.82 Å². The summed E-state index contributed by atoms with van der Waals surface area (Å²) < 4.78 is 13.9. The van der Waals surface area contributed by atoms with Crippen molar-refractivity contribution in [1.29, 1.82) is 0 Å². The molecule has 0 amide bonds. The normalized spacial score (nSPS) is 22.3. The molecule has 1 unspecified atom stereocenters. The van der Waals surface area contributed by atoms with Crippen molar-refractivity contribution in [2.45, 2.75) is 38.0 Å². The minimum Gasteiger partial charge on any atom is -0.357 e. The molecule has 2 N–H and O–H groups in total. The maximum atomic E-state index is 13.6. The second-order valence-corrected chi connectivity index (χ2v) is 7.22. The first kappa shape index (κ1) is 16.1. The third-order valence-electron chi connectivity index (χ3n) is 3.64. The van der Waals surface area contributed by atoms with Gasteiger partial charge in [0.05, 0.1) is 6.54 Å². The van der Waals surface area contributed by atoms with E-state index in [1.165, 1.54) is 24.7 Å².